The Balaban J connectivity index is 2.15. The van der Waals surface area contributed by atoms with Gasteiger partial charge in [-0.2, -0.15) is 0 Å². The van der Waals surface area contributed by atoms with Gasteiger partial charge < -0.3 is 16.0 Å². The molecule has 5 heteroatoms. The summed E-state index contributed by atoms with van der Waals surface area (Å²) in [6.45, 7) is 4.50. The predicted molar refractivity (Wildman–Crippen MR) is 75.9 cm³/mol. The van der Waals surface area contributed by atoms with Crippen LogP contribution in [0.1, 0.15) is 58.8 Å². The summed E-state index contributed by atoms with van der Waals surface area (Å²) in [7, 11) is 0. The maximum atomic E-state index is 11.9. The van der Waals surface area contributed by atoms with E-state index < -0.39 is 6.04 Å². The summed E-state index contributed by atoms with van der Waals surface area (Å²) in [5.41, 5.74) is 0. The van der Waals surface area contributed by atoms with Crippen molar-refractivity contribution in [3.05, 3.63) is 0 Å². The van der Waals surface area contributed by atoms with E-state index in [1.54, 1.807) is 6.92 Å². The molecule has 0 aromatic heterocycles. The number of rotatable bonds is 7. The van der Waals surface area contributed by atoms with Gasteiger partial charge in [0.25, 0.3) is 0 Å². The lowest BCUT2D eigenvalue weighted by Gasteiger charge is -2.18. The van der Waals surface area contributed by atoms with Crippen LogP contribution in [0.4, 0.5) is 4.79 Å². The van der Waals surface area contributed by atoms with E-state index in [0.29, 0.717) is 12.6 Å². The Morgan fingerprint density at radius 3 is 2.53 bits per heavy atom. The highest BCUT2D eigenvalue weighted by molar-refractivity contribution is 5.86. The number of hydrogen-bond acceptors (Lipinski definition) is 2. The van der Waals surface area contributed by atoms with Crippen molar-refractivity contribution in [2.24, 2.45) is 0 Å². The third-order valence-electron chi connectivity index (χ3n) is 3.51. The Morgan fingerprint density at radius 2 is 1.89 bits per heavy atom. The van der Waals surface area contributed by atoms with Gasteiger partial charge in [0, 0.05) is 12.6 Å². The van der Waals surface area contributed by atoms with E-state index in [4.69, 9.17) is 0 Å². The fourth-order valence-corrected chi connectivity index (χ4v) is 2.29. The average Bonchev–Trinajstić information content (AvgIpc) is 2.87. The van der Waals surface area contributed by atoms with Crippen molar-refractivity contribution in [3.63, 3.8) is 0 Å². The first kappa shape index (κ1) is 15.8. The Hall–Kier alpha value is -1.26. The molecule has 19 heavy (non-hydrogen) atoms. The molecule has 0 aromatic carbocycles. The smallest absolute Gasteiger partial charge is 0.315 e. The van der Waals surface area contributed by atoms with E-state index in [1.807, 2.05) is 0 Å². The molecule has 1 rings (SSSR count). The van der Waals surface area contributed by atoms with Crippen molar-refractivity contribution in [3.8, 4) is 0 Å². The van der Waals surface area contributed by atoms with Crippen LogP contribution in [-0.4, -0.2) is 30.6 Å². The first-order valence-electron chi connectivity index (χ1n) is 7.48. The molecule has 1 atom stereocenters. The zero-order valence-electron chi connectivity index (χ0n) is 12.1. The normalized spacial score (nSPS) is 16.9. The molecule has 1 aliphatic carbocycles. The number of carbonyl (C=O) groups excluding carboxylic acids is 2. The summed E-state index contributed by atoms with van der Waals surface area (Å²) in [5.74, 6) is -0.0874. The molecular weight excluding hydrogens is 242 g/mol. The van der Waals surface area contributed by atoms with Crippen LogP contribution in [0, 0.1) is 0 Å². The molecule has 3 N–H and O–H groups in total. The minimum atomic E-state index is -0.480. The third kappa shape index (κ3) is 6.45. The van der Waals surface area contributed by atoms with Gasteiger partial charge in [-0.15, -0.1) is 0 Å². The van der Waals surface area contributed by atoms with Crippen LogP contribution in [-0.2, 0) is 4.79 Å². The molecule has 0 saturated heterocycles. The van der Waals surface area contributed by atoms with Crippen LogP contribution in [0.25, 0.3) is 0 Å². The summed E-state index contributed by atoms with van der Waals surface area (Å²) in [4.78, 5) is 23.4. The Kier molecular flexibility index (Phi) is 7.30. The fourth-order valence-electron chi connectivity index (χ4n) is 2.29. The maximum Gasteiger partial charge on any atom is 0.315 e. The molecule has 5 nitrogen and oxygen atoms in total. The lowest BCUT2D eigenvalue weighted by atomic mass is 10.2. The van der Waals surface area contributed by atoms with Crippen LogP contribution < -0.4 is 16.0 Å². The molecule has 1 fully saturated rings. The van der Waals surface area contributed by atoms with E-state index in [0.717, 1.165) is 32.1 Å². The maximum absolute atomic E-state index is 11.9. The molecule has 0 heterocycles. The standard InChI is InChI=1S/C14H27N3O2/c1-3-4-7-10-15-14(19)16-11(2)13(18)17-12-8-5-6-9-12/h11-12H,3-10H2,1-2H3,(H,17,18)(H2,15,16,19)/t11-/m1/s1. The average molecular weight is 269 g/mol. The van der Waals surface area contributed by atoms with Crippen molar-refractivity contribution in [1.82, 2.24) is 16.0 Å². The summed E-state index contributed by atoms with van der Waals surface area (Å²) in [5, 5.41) is 8.41. The van der Waals surface area contributed by atoms with Gasteiger partial charge in [0.15, 0.2) is 0 Å². The van der Waals surface area contributed by atoms with Gasteiger partial charge >= 0.3 is 6.03 Å². The van der Waals surface area contributed by atoms with E-state index >= 15 is 0 Å². The monoisotopic (exact) mass is 269 g/mol. The quantitative estimate of drug-likeness (QED) is 0.618. The summed E-state index contributed by atoms with van der Waals surface area (Å²) >= 11 is 0. The Labute approximate surface area is 115 Å². The van der Waals surface area contributed by atoms with E-state index in [-0.39, 0.29) is 11.9 Å². The second-order valence-corrected chi connectivity index (χ2v) is 5.32. The lowest BCUT2D eigenvalue weighted by Crippen LogP contribution is -2.50. The van der Waals surface area contributed by atoms with Gasteiger partial charge in [0.2, 0.25) is 5.91 Å². The molecule has 0 spiro atoms. The molecule has 110 valence electrons. The van der Waals surface area contributed by atoms with E-state index in [9.17, 15) is 9.59 Å². The van der Waals surface area contributed by atoms with Gasteiger partial charge in [-0.05, 0) is 26.2 Å². The fraction of sp³-hybridized carbons (Fsp3) is 0.857. The van der Waals surface area contributed by atoms with Crippen LogP contribution in [0.5, 0.6) is 0 Å². The van der Waals surface area contributed by atoms with Crippen LogP contribution in [0.2, 0.25) is 0 Å². The van der Waals surface area contributed by atoms with Gasteiger partial charge in [-0.3, -0.25) is 4.79 Å². The van der Waals surface area contributed by atoms with Crippen LogP contribution in [0.15, 0.2) is 0 Å². The molecule has 0 aliphatic heterocycles. The zero-order valence-corrected chi connectivity index (χ0v) is 12.1. The number of nitrogens with one attached hydrogen (secondary N) is 3. The van der Waals surface area contributed by atoms with Gasteiger partial charge in [0.05, 0.1) is 0 Å². The molecule has 0 unspecified atom stereocenters. The molecule has 0 bridgehead atoms. The van der Waals surface area contributed by atoms with Crippen LogP contribution >= 0.6 is 0 Å². The summed E-state index contributed by atoms with van der Waals surface area (Å²) < 4.78 is 0. The second-order valence-electron chi connectivity index (χ2n) is 5.32. The molecule has 3 amide bonds. The topological polar surface area (TPSA) is 70.2 Å². The van der Waals surface area contributed by atoms with Crippen LogP contribution in [0.3, 0.4) is 0 Å². The number of unbranched alkanes of at least 4 members (excludes halogenated alkanes) is 2. The Morgan fingerprint density at radius 1 is 1.21 bits per heavy atom. The lowest BCUT2D eigenvalue weighted by molar-refractivity contribution is -0.123. The molecular formula is C14H27N3O2. The molecule has 1 saturated carbocycles. The third-order valence-corrected chi connectivity index (χ3v) is 3.51. The SMILES string of the molecule is CCCCCNC(=O)N[C@H](C)C(=O)NC1CCCC1. The highest BCUT2D eigenvalue weighted by atomic mass is 16.2. The molecule has 0 radical (unpaired) electrons. The highest BCUT2D eigenvalue weighted by Gasteiger charge is 2.21. The summed E-state index contributed by atoms with van der Waals surface area (Å²) in [6, 6.07) is -0.443. The Bertz CT molecular complexity index is 288. The minimum Gasteiger partial charge on any atom is -0.352 e. The number of urea groups is 1. The predicted octanol–water partition coefficient (Wildman–Crippen LogP) is 1.92. The largest absolute Gasteiger partial charge is 0.352 e. The summed E-state index contributed by atoms with van der Waals surface area (Å²) in [6.07, 6.45) is 7.70. The van der Waals surface area contributed by atoms with Gasteiger partial charge in [0.1, 0.15) is 6.04 Å². The number of amides is 3. The van der Waals surface area contributed by atoms with Crippen molar-refractivity contribution >= 4 is 11.9 Å². The van der Waals surface area contributed by atoms with Gasteiger partial charge in [-0.25, -0.2) is 4.79 Å². The number of hydrogen-bond donors (Lipinski definition) is 3. The zero-order chi connectivity index (χ0) is 14.1. The highest BCUT2D eigenvalue weighted by Crippen LogP contribution is 2.17. The van der Waals surface area contributed by atoms with Gasteiger partial charge in [-0.1, -0.05) is 32.6 Å². The minimum absolute atomic E-state index is 0.0874. The van der Waals surface area contributed by atoms with Crippen molar-refractivity contribution in [1.29, 1.82) is 0 Å². The molecule has 1 aliphatic rings. The number of carbonyl (C=O) groups is 2. The second kappa shape index (κ2) is 8.77. The van der Waals surface area contributed by atoms with Crippen molar-refractivity contribution in [2.75, 3.05) is 6.54 Å². The first-order valence-corrected chi connectivity index (χ1v) is 7.48. The van der Waals surface area contributed by atoms with E-state index in [2.05, 4.69) is 22.9 Å². The molecule has 0 aromatic rings. The van der Waals surface area contributed by atoms with Crippen molar-refractivity contribution < 1.29 is 9.59 Å². The van der Waals surface area contributed by atoms with Crippen molar-refractivity contribution in [2.45, 2.75) is 70.9 Å². The van der Waals surface area contributed by atoms with E-state index in [1.165, 1.54) is 12.8 Å². The first-order chi connectivity index (χ1) is 9.13.